The Morgan fingerprint density at radius 3 is 2.74 bits per heavy atom. The van der Waals surface area contributed by atoms with Gasteiger partial charge in [-0.3, -0.25) is 4.79 Å². The van der Waals surface area contributed by atoms with Crippen LogP contribution in [-0.2, 0) is 11.2 Å². The summed E-state index contributed by atoms with van der Waals surface area (Å²) in [5.74, 6) is 0.509. The fourth-order valence-corrected chi connectivity index (χ4v) is 2.66. The van der Waals surface area contributed by atoms with E-state index in [-0.39, 0.29) is 12.0 Å². The number of hydrogen-bond acceptors (Lipinski definition) is 2. The third-order valence-corrected chi connectivity index (χ3v) is 3.83. The van der Waals surface area contributed by atoms with Crippen molar-refractivity contribution < 1.29 is 9.90 Å². The highest BCUT2D eigenvalue weighted by Crippen LogP contribution is 2.23. The maximum absolute atomic E-state index is 11.8. The van der Waals surface area contributed by atoms with Crippen LogP contribution >= 0.6 is 0 Å². The summed E-state index contributed by atoms with van der Waals surface area (Å²) in [5.41, 5.74) is 2.26. The smallest absolute Gasteiger partial charge is 0.224 e. The van der Waals surface area contributed by atoms with Gasteiger partial charge in [0.1, 0.15) is 0 Å². The topological polar surface area (TPSA) is 49.3 Å². The summed E-state index contributed by atoms with van der Waals surface area (Å²) in [7, 11) is 0. The first-order valence-corrected chi connectivity index (χ1v) is 7.14. The Morgan fingerprint density at radius 2 is 2.05 bits per heavy atom. The molecule has 1 amide bonds. The predicted octanol–water partition coefficient (Wildman–Crippen LogP) is 2.20. The Kier molecular flexibility index (Phi) is 4.97. The van der Waals surface area contributed by atoms with Gasteiger partial charge < -0.3 is 10.4 Å². The SMILES string of the molecule is Cc1ccc(CC(=O)NCC2CCCC(O)C2)cc1. The van der Waals surface area contributed by atoms with Crippen molar-refractivity contribution in [3.8, 4) is 0 Å². The van der Waals surface area contributed by atoms with Crippen LogP contribution in [0.1, 0.15) is 36.8 Å². The molecule has 104 valence electrons. The molecule has 0 spiro atoms. The maximum Gasteiger partial charge on any atom is 0.224 e. The first-order chi connectivity index (χ1) is 9.13. The van der Waals surface area contributed by atoms with Crippen LogP contribution in [0, 0.1) is 12.8 Å². The second kappa shape index (κ2) is 6.71. The number of rotatable bonds is 4. The van der Waals surface area contributed by atoms with Crippen LogP contribution in [-0.4, -0.2) is 23.7 Å². The minimum Gasteiger partial charge on any atom is -0.393 e. The quantitative estimate of drug-likeness (QED) is 0.873. The molecule has 1 saturated carbocycles. The Balaban J connectivity index is 1.73. The molecule has 0 bridgehead atoms. The lowest BCUT2D eigenvalue weighted by Crippen LogP contribution is -2.33. The van der Waals surface area contributed by atoms with Crippen molar-refractivity contribution in [3.63, 3.8) is 0 Å². The number of carbonyl (C=O) groups excluding carboxylic acids is 1. The van der Waals surface area contributed by atoms with Gasteiger partial charge in [0.05, 0.1) is 12.5 Å². The summed E-state index contributed by atoms with van der Waals surface area (Å²) >= 11 is 0. The minimum atomic E-state index is -0.173. The van der Waals surface area contributed by atoms with Gasteiger partial charge in [-0.25, -0.2) is 0 Å². The molecule has 0 radical (unpaired) electrons. The fourth-order valence-electron chi connectivity index (χ4n) is 2.66. The lowest BCUT2D eigenvalue weighted by Gasteiger charge is -2.25. The molecule has 1 aromatic carbocycles. The Hall–Kier alpha value is -1.35. The van der Waals surface area contributed by atoms with Crippen molar-refractivity contribution in [2.75, 3.05) is 6.54 Å². The molecule has 1 aliphatic rings. The van der Waals surface area contributed by atoms with Crippen molar-refractivity contribution in [2.24, 2.45) is 5.92 Å². The summed E-state index contributed by atoms with van der Waals surface area (Å²) < 4.78 is 0. The van der Waals surface area contributed by atoms with Crippen LogP contribution in [0.15, 0.2) is 24.3 Å². The highest BCUT2D eigenvalue weighted by molar-refractivity contribution is 5.78. The van der Waals surface area contributed by atoms with Crippen molar-refractivity contribution in [1.82, 2.24) is 5.32 Å². The third kappa shape index (κ3) is 4.67. The molecule has 2 rings (SSSR count). The minimum absolute atomic E-state index is 0.0731. The zero-order valence-corrected chi connectivity index (χ0v) is 11.6. The highest BCUT2D eigenvalue weighted by Gasteiger charge is 2.20. The van der Waals surface area contributed by atoms with E-state index in [1.54, 1.807) is 0 Å². The van der Waals surface area contributed by atoms with Crippen LogP contribution < -0.4 is 5.32 Å². The molecule has 19 heavy (non-hydrogen) atoms. The summed E-state index contributed by atoms with van der Waals surface area (Å²) in [6.07, 6.45) is 4.18. The van der Waals surface area contributed by atoms with E-state index in [0.717, 1.165) is 31.2 Å². The molecule has 1 fully saturated rings. The van der Waals surface area contributed by atoms with E-state index in [2.05, 4.69) is 5.32 Å². The van der Waals surface area contributed by atoms with Gasteiger partial charge in [0.25, 0.3) is 0 Å². The number of benzene rings is 1. The largest absolute Gasteiger partial charge is 0.393 e. The first-order valence-electron chi connectivity index (χ1n) is 7.14. The molecule has 0 aliphatic heterocycles. The highest BCUT2D eigenvalue weighted by atomic mass is 16.3. The lowest BCUT2D eigenvalue weighted by atomic mass is 9.87. The van der Waals surface area contributed by atoms with E-state index < -0.39 is 0 Å². The molecule has 1 aromatic rings. The molecule has 0 heterocycles. The van der Waals surface area contributed by atoms with Crippen LogP contribution in [0.4, 0.5) is 0 Å². The number of aliphatic hydroxyl groups excluding tert-OH is 1. The van der Waals surface area contributed by atoms with E-state index in [1.165, 1.54) is 5.56 Å². The summed E-state index contributed by atoms with van der Waals surface area (Å²) in [5, 5.41) is 12.6. The molecular weight excluding hydrogens is 238 g/mol. The van der Waals surface area contributed by atoms with E-state index in [9.17, 15) is 9.90 Å². The van der Waals surface area contributed by atoms with Crippen molar-refractivity contribution in [3.05, 3.63) is 35.4 Å². The molecule has 2 N–H and O–H groups in total. The van der Waals surface area contributed by atoms with Crippen molar-refractivity contribution >= 4 is 5.91 Å². The van der Waals surface area contributed by atoms with Crippen molar-refractivity contribution in [2.45, 2.75) is 45.1 Å². The average Bonchev–Trinajstić information content (AvgIpc) is 2.39. The molecule has 3 heteroatoms. The van der Waals surface area contributed by atoms with Gasteiger partial charge in [-0.2, -0.15) is 0 Å². The number of hydrogen-bond donors (Lipinski definition) is 2. The van der Waals surface area contributed by atoms with E-state index in [0.29, 0.717) is 18.9 Å². The lowest BCUT2D eigenvalue weighted by molar-refractivity contribution is -0.120. The van der Waals surface area contributed by atoms with Crippen LogP contribution in [0.25, 0.3) is 0 Å². The molecular formula is C16H23NO2. The first kappa shape index (κ1) is 14.1. The van der Waals surface area contributed by atoms with Gasteiger partial charge in [0.2, 0.25) is 5.91 Å². The van der Waals surface area contributed by atoms with Gasteiger partial charge in [-0.15, -0.1) is 0 Å². The second-order valence-corrected chi connectivity index (χ2v) is 5.65. The molecule has 2 atom stereocenters. The third-order valence-electron chi connectivity index (χ3n) is 3.83. The predicted molar refractivity (Wildman–Crippen MR) is 75.9 cm³/mol. The summed E-state index contributed by atoms with van der Waals surface area (Å²) in [4.78, 5) is 11.8. The number of amides is 1. The number of aliphatic hydroxyl groups is 1. The Labute approximate surface area is 115 Å². The fraction of sp³-hybridized carbons (Fsp3) is 0.562. The maximum atomic E-state index is 11.8. The monoisotopic (exact) mass is 261 g/mol. The molecule has 0 aromatic heterocycles. The van der Waals surface area contributed by atoms with Crippen LogP contribution in [0.2, 0.25) is 0 Å². The standard InChI is InChI=1S/C16H23NO2/c1-12-5-7-13(8-6-12)10-16(19)17-11-14-3-2-4-15(18)9-14/h5-8,14-15,18H,2-4,9-11H2,1H3,(H,17,19). The number of nitrogens with one attached hydrogen (secondary N) is 1. The van der Waals surface area contributed by atoms with Gasteiger partial charge in [-0.05, 0) is 37.7 Å². The molecule has 1 aliphatic carbocycles. The molecule has 0 saturated heterocycles. The zero-order valence-electron chi connectivity index (χ0n) is 11.6. The number of carbonyl (C=O) groups is 1. The van der Waals surface area contributed by atoms with Gasteiger partial charge in [0, 0.05) is 6.54 Å². The van der Waals surface area contributed by atoms with Gasteiger partial charge in [0.15, 0.2) is 0 Å². The van der Waals surface area contributed by atoms with Gasteiger partial charge in [-0.1, -0.05) is 36.2 Å². The van der Waals surface area contributed by atoms with E-state index in [4.69, 9.17) is 0 Å². The van der Waals surface area contributed by atoms with Crippen molar-refractivity contribution in [1.29, 1.82) is 0 Å². The average molecular weight is 261 g/mol. The Bertz CT molecular complexity index is 413. The van der Waals surface area contributed by atoms with E-state index >= 15 is 0 Å². The summed E-state index contributed by atoms with van der Waals surface area (Å²) in [6, 6.07) is 8.05. The summed E-state index contributed by atoms with van der Waals surface area (Å²) in [6.45, 7) is 2.74. The molecule has 3 nitrogen and oxygen atoms in total. The second-order valence-electron chi connectivity index (χ2n) is 5.65. The normalized spacial score (nSPS) is 23.1. The number of aryl methyl sites for hydroxylation is 1. The zero-order chi connectivity index (χ0) is 13.7. The van der Waals surface area contributed by atoms with Crippen LogP contribution in [0.3, 0.4) is 0 Å². The molecule has 2 unspecified atom stereocenters. The van der Waals surface area contributed by atoms with Crippen LogP contribution in [0.5, 0.6) is 0 Å². The van der Waals surface area contributed by atoms with Gasteiger partial charge >= 0.3 is 0 Å². The Morgan fingerprint density at radius 1 is 1.32 bits per heavy atom. The van der Waals surface area contributed by atoms with E-state index in [1.807, 2.05) is 31.2 Å².